The fraction of sp³-hybridized carbons (Fsp3) is 0.435. The molecule has 1 aliphatic carbocycles. The van der Waals surface area contributed by atoms with Crippen molar-refractivity contribution >= 4 is 5.91 Å². The van der Waals surface area contributed by atoms with Gasteiger partial charge in [0.05, 0.1) is 5.92 Å². The minimum absolute atomic E-state index is 0.0644. The average Bonchev–Trinajstić information content (AvgIpc) is 3.39. The van der Waals surface area contributed by atoms with Crippen molar-refractivity contribution < 1.29 is 4.79 Å². The van der Waals surface area contributed by atoms with Crippen LogP contribution in [0, 0.1) is 19.8 Å². The molecule has 2 aromatic rings. The Bertz CT molecular complexity index is 775. The highest BCUT2D eigenvalue weighted by atomic mass is 16.2. The standard InChI is InChI=1S/C23H28N2O/c1-17-6-4-8-19(14-17)23(20-9-5-7-18(2)15-20)16-21(23)22(26)25-12-10-24(3)11-13-25/h4-9,14-15,21H,10-13,16H2,1-3H3. The largest absolute Gasteiger partial charge is 0.340 e. The summed E-state index contributed by atoms with van der Waals surface area (Å²) in [5, 5.41) is 0. The summed E-state index contributed by atoms with van der Waals surface area (Å²) in [5.41, 5.74) is 4.93. The summed E-state index contributed by atoms with van der Waals surface area (Å²) in [6.07, 6.45) is 0.922. The van der Waals surface area contributed by atoms with Gasteiger partial charge in [0.15, 0.2) is 0 Å². The van der Waals surface area contributed by atoms with Crippen LogP contribution in [0.25, 0.3) is 0 Å². The Labute approximate surface area is 156 Å². The van der Waals surface area contributed by atoms with E-state index in [0.29, 0.717) is 5.91 Å². The molecule has 1 aliphatic heterocycles. The van der Waals surface area contributed by atoms with E-state index < -0.39 is 0 Å². The maximum Gasteiger partial charge on any atom is 0.227 e. The Morgan fingerprint density at radius 1 is 0.923 bits per heavy atom. The molecule has 1 unspecified atom stereocenters. The fourth-order valence-electron chi connectivity index (χ4n) is 4.46. The Balaban J connectivity index is 1.69. The lowest BCUT2D eigenvalue weighted by atomic mass is 9.84. The molecule has 0 spiro atoms. The molecular formula is C23H28N2O. The summed E-state index contributed by atoms with van der Waals surface area (Å²) in [6, 6.07) is 17.4. The molecule has 0 N–H and O–H groups in total. The highest BCUT2D eigenvalue weighted by Crippen LogP contribution is 2.59. The van der Waals surface area contributed by atoms with Gasteiger partial charge in [-0.2, -0.15) is 0 Å². The molecule has 0 radical (unpaired) electrons. The van der Waals surface area contributed by atoms with Crippen molar-refractivity contribution in [3.05, 3.63) is 70.8 Å². The Hall–Kier alpha value is -2.13. The van der Waals surface area contributed by atoms with Gasteiger partial charge in [-0.05, 0) is 38.4 Å². The van der Waals surface area contributed by atoms with Crippen molar-refractivity contribution in [1.29, 1.82) is 0 Å². The predicted molar refractivity (Wildman–Crippen MR) is 105 cm³/mol. The number of hydrogen-bond donors (Lipinski definition) is 0. The highest BCUT2D eigenvalue weighted by Gasteiger charge is 2.61. The molecule has 3 heteroatoms. The topological polar surface area (TPSA) is 23.6 Å². The third-order valence-corrected chi connectivity index (χ3v) is 6.14. The van der Waals surface area contributed by atoms with Gasteiger partial charge in [0, 0.05) is 31.6 Å². The number of benzene rings is 2. The van der Waals surface area contributed by atoms with E-state index in [9.17, 15) is 4.79 Å². The van der Waals surface area contributed by atoms with Gasteiger partial charge >= 0.3 is 0 Å². The smallest absolute Gasteiger partial charge is 0.227 e. The van der Waals surface area contributed by atoms with Gasteiger partial charge in [0.1, 0.15) is 0 Å². The van der Waals surface area contributed by atoms with Gasteiger partial charge in [-0.3, -0.25) is 4.79 Å². The van der Waals surface area contributed by atoms with Crippen molar-refractivity contribution in [1.82, 2.24) is 9.80 Å². The van der Waals surface area contributed by atoms with E-state index in [4.69, 9.17) is 0 Å². The molecule has 1 saturated carbocycles. The zero-order valence-electron chi connectivity index (χ0n) is 16.0. The summed E-state index contributed by atoms with van der Waals surface area (Å²) in [5.74, 6) is 0.399. The first kappa shape index (κ1) is 17.3. The zero-order valence-corrected chi connectivity index (χ0v) is 16.0. The van der Waals surface area contributed by atoms with Crippen LogP contribution in [-0.4, -0.2) is 48.9 Å². The van der Waals surface area contributed by atoms with Gasteiger partial charge in [-0.15, -0.1) is 0 Å². The van der Waals surface area contributed by atoms with E-state index in [-0.39, 0.29) is 11.3 Å². The third-order valence-electron chi connectivity index (χ3n) is 6.14. The summed E-state index contributed by atoms with van der Waals surface area (Å²) in [7, 11) is 2.13. The van der Waals surface area contributed by atoms with E-state index in [1.807, 2.05) is 0 Å². The maximum atomic E-state index is 13.3. The lowest BCUT2D eigenvalue weighted by Crippen LogP contribution is -2.48. The molecule has 2 fully saturated rings. The molecule has 1 amide bonds. The van der Waals surface area contributed by atoms with Crippen molar-refractivity contribution in [3.63, 3.8) is 0 Å². The fourth-order valence-corrected chi connectivity index (χ4v) is 4.46. The molecule has 4 rings (SSSR count). The first-order chi connectivity index (χ1) is 12.5. The van der Waals surface area contributed by atoms with Crippen LogP contribution < -0.4 is 0 Å². The van der Waals surface area contributed by atoms with Gasteiger partial charge in [-0.1, -0.05) is 59.7 Å². The lowest BCUT2D eigenvalue weighted by Gasteiger charge is -2.33. The van der Waals surface area contributed by atoms with Crippen molar-refractivity contribution in [2.45, 2.75) is 25.7 Å². The van der Waals surface area contributed by atoms with E-state index in [0.717, 1.165) is 32.6 Å². The summed E-state index contributed by atoms with van der Waals surface area (Å²) in [6.45, 7) is 7.91. The van der Waals surface area contributed by atoms with Gasteiger partial charge in [0.25, 0.3) is 0 Å². The van der Waals surface area contributed by atoms with Crippen LogP contribution in [0.3, 0.4) is 0 Å². The Kier molecular flexibility index (Phi) is 4.36. The van der Waals surface area contributed by atoms with Crippen molar-refractivity contribution in [2.24, 2.45) is 5.92 Å². The molecule has 1 atom stereocenters. The van der Waals surface area contributed by atoms with Crippen molar-refractivity contribution in [3.8, 4) is 0 Å². The number of piperazine rings is 1. The van der Waals surface area contributed by atoms with Crippen LogP contribution >= 0.6 is 0 Å². The summed E-state index contributed by atoms with van der Waals surface area (Å²) < 4.78 is 0. The molecule has 1 saturated heterocycles. The summed E-state index contributed by atoms with van der Waals surface area (Å²) >= 11 is 0. The van der Waals surface area contributed by atoms with Crippen molar-refractivity contribution in [2.75, 3.05) is 33.2 Å². The second-order valence-corrected chi connectivity index (χ2v) is 8.10. The molecular weight excluding hydrogens is 320 g/mol. The molecule has 26 heavy (non-hydrogen) atoms. The number of rotatable bonds is 3. The second-order valence-electron chi connectivity index (χ2n) is 8.10. The first-order valence-corrected chi connectivity index (χ1v) is 9.62. The molecule has 136 valence electrons. The van der Waals surface area contributed by atoms with E-state index in [1.54, 1.807) is 0 Å². The highest BCUT2D eigenvalue weighted by molar-refractivity contribution is 5.86. The van der Waals surface area contributed by atoms with Crippen LogP contribution in [0.15, 0.2) is 48.5 Å². The monoisotopic (exact) mass is 348 g/mol. The second kappa shape index (κ2) is 6.55. The molecule has 3 nitrogen and oxygen atoms in total. The number of carbonyl (C=O) groups excluding carboxylic acids is 1. The molecule has 0 bridgehead atoms. The average molecular weight is 348 g/mol. The molecule has 1 heterocycles. The molecule has 2 aliphatic rings. The van der Waals surface area contributed by atoms with Crippen LogP contribution in [0.2, 0.25) is 0 Å². The van der Waals surface area contributed by atoms with Crippen LogP contribution in [0.4, 0.5) is 0 Å². The lowest BCUT2D eigenvalue weighted by molar-refractivity contribution is -0.134. The van der Waals surface area contributed by atoms with E-state index >= 15 is 0 Å². The number of hydrogen-bond acceptors (Lipinski definition) is 2. The van der Waals surface area contributed by atoms with Crippen LogP contribution in [0.5, 0.6) is 0 Å². The van der Waals surface area contributed by atoms with E-state index in [2.05, 4.69) is 79.2 Å². The Morgan fingerprint density at radius 3 is 1.96 bits per heavy atom. The predicted octanol–water partition coefficient (Wildman–Crippen LogP) is 3.38. The number of aryl methyl sites for hydroxylation is 2. The minimum atomic E-state index is -0.154. The summed E-state index contributed by atoms with van der Waals surface area (Å²) in [4.78, 5) is 17.7. The molecule has 2 aromatic carbocycles. The SMILES string of the molecule is Cc1cccc(C2(c3cccc(C)c3)CC2C(=O)N2CCN(C)CC2)c1. The minimum Gasteiger partial charge on any atom is -0.340 e. The van der Waals surface area contributed by atoms with Gasteiger partial charge in [0.2, 0.25) is 5.91 Å². The number of likely N-dealkylation sites (N-methyl/N-ethyl adjacent to an activating group) is 1. The van der Waals surface area contributed by atoms with Crippen LogP contribution in [-0.2, 0) is 10.2 Å². The number of carbonyl (C=O) groups is 1. The third kappa shape index (κ3) is 2.95. The molecule has 0 aromatic heterocycles. The van der Waals surface area contributed by atoms with Crippen LogP contribution in [0.1, 0.15) is 28.7 Å². The van der Waals surface area contributed by atoms with Gasteiger partial charge < -0.3 is 9.80 Å². The normalized spacial score (nSPS) is 22.3. The van der Waals surface area contributed by atoms with Gasteiger partial charge in [-0.25, -0.2) is 0 Å². The van der Waals surface area contributed by atoms with E-state index in [1.165, 1.54) is 22.3 Å². The number of amides is 1. The maximum absolute atomic E-state index is 13.3. The quantitative estimate of drug-likeness (QED) is 0.849. The zero-order chi connectivity index (χ0) is 18.3. The first-order valence-electron chi connectivity index (χ1n) is 9.62. The number of nitrogens with zero attached hydrogens (tertiary/aromatic N) is 2. The Morgan fingerprint density at radius 2 is 1.46 bits per heavy atom.